The number of nitrogens with one attached hydrogen (secondary N) is 1. The number of rotatable bonds is 3. The van der Waals surface area contributed by atoms with Gasteiger partial charge in [-0.15, -0.1) is 0 Å². The van der Waals surface area contributed by atoms with Crippen molar-refractivity contribution in [3.8, 4) is 0 Å². The number of aryl methyl sites for hydroxylation is 1. The number of hydrogen-bond acceptors (Lipinski definition) is 3. The molecule has 0 aromatic heterocycles. The Hall–Kier alpha value is -2.04. The zero-order valence-corrected chi connectivity index (χ0v) is 13.6. The highest BCUT2D eigenvalue weighted by Gasteiger charge is 2.26. The zero-order valence-electron chi connectivity index (χ0n) is 13.6. The molecular formula is C17H25N3O2. The molecule has 1 aliphatic heterocycles. The predicted octanol–water partition coefficient (Wildman–Crippen LogP) is 1.56. The Morgan fingerprint density at radius 3 is 2.50 bits per heavy atom. The van der Waals surface area contributed by atoms with Crippen LogP contribution in [0.15, 0.2) is 24.3 Å². The number of piperazine rings is 1. The average Bonchev–Trinajstić information content (AvgIpc) is 2.54. The Morgan fingerprint density at radius 1 is 1.23 bits per heavy atom. The molecule has 0 radical (unpaired) electrons. The Bertz CT molecular complexity index is 536. The summed E-state index contributed by atoms with van der Waals surface area (Å²) in [7, 11) is 0. The first kappa shape index (κ1) is 16.3. The zero-order chi connectivity index (χ0) is 16.1. The monoisotopic (exact) mass is 303 g/mol. The van der Waals surface area contributed by atoms with Crippen molar-refractivity contribution >= 4 is 17.5 Å². The van der Waals surface area contributed by atoms with E-state index >= 15 is 0 Å². The number of anilines is 1. The van der Waals surface area contributed by atoms with Gasteiger partial charge in [0, 0.05) is 37.9 Å². The van der Waals surface area contributed by atoms with Crippen molar-refractivity contribution in [1.82, 2.24) is 10.2 Å². The van der Waals surface area contributed by atoms with Crippen LogP contribution in [-0.2, 0) is 9.59 Å². The predicted molar refractivity (Wildman–Crippen MR) is 87.9 cm³/mol. The number of hydrogen-bond donors (Lipinski definition) is 1. The Kier molecular flexibility index (Phi) is 5.41. The first-order valence-corrected chi connectivity index (χ1v) is 7.92. The summed E-state index contributed by atoms with van der Waals surface area (Å²) in [6.07, 6.45) is 0.820. The maximum atomic E-state index is 12.1. The lowest BCUT2D eigenvalue weighted by Gasteiger charge is -2.36. The van der Waals surface area contributed by atoms with Crippen molar-refractivity contribution in [2.45, 2.75) is 33.2 Å². The summed E-state index contributed by atoms with van der Waals surface area (Å²) in [6, 6.07) is 8.38. The van der Waals surface area contributed by atoms with E-state index < -0.39 is 11.8 Å². The molecule has 0 bridgehead atoms. The molecule has 1 aliphatic rings. The largest absolute Gasteiger partial charge is 0.368 e. The van der Waals surface area contributed by atoms with E-state index in [2.05, 4.69) is 35.3 Å². The first-order chi connectivity index (χ1) is 10.5. The van der Waals surface area contributed by atoms with Crippen LogP contribution in [0.5, 0.6) is 0 Å². The van der Waals surface area contributed by atoms with Crippen LogP contribution in [0.4, 0.5) is 5.69 Å². The molecule has 5 heteroatoms. The summed E-state index contributed by atoms with van der Waals surface area (Å²) in [5, 5.41) is 2.73. The van der Waals surface area contributed by atoms with Crippen molar-refractivity contribution < 1.29 is 9.59 Å². The molecule has 0 saturated carbocycles. The highest BCUT2D eigenvalue weighted by atomic mass is 16.2. The van der Waals surface area contributed by atoms with Gasteiger partial charge in [-0.2, -0.15) is 0 Å². The fraction of sp³-hybridized carbons (Fsp3) is 0.529. The van der Waals surface area contributed by atoms with E-state index in [1.165, 1.54) is 11.3 Å². The third-order valence-electron chi connectivity index (χ3n) is 4.12. The van der Waals surface area contributed by atoms with Crippen molar-refractivity contribution in [1.29, 1.82) is 0 Å². The SMILES string of the molecule is CCC(C)NC(=O)C(=O)N1CCN(c2cccc(C)c2)CC1. The molecule has 0 aliphatic carbocycles. The highest BCUT2D eigenvalue weighted by Crippen LogP contribution is 2.17. The van der Waals surface area contributed by atoms with Gasteiger partial charge in [-0.05, 0) is 38.0 Å². The van der Waals surface area contributed by atoms with Gasteiger partial charge in [0.05, 0.1) is 0 Å². The molecule has 5 nitrogen and oxygen atoms in total. The number of benzene rings is 1. The summed E-state index contributed by atoms with van der Waals surface area (Å²) in [5.74, 6) is -0.900. The topological polar surface area (TPSA) is 52.7 Å². The van der Waals surface area contributed by atoms with Crippen LogP contribution >= 0.6 is 0 Å². The van der Waals surface area contributed by atoms with Gasteiger partial charge in [-0.1, -0.05) is 19.1 Å². The molecule has 1 N–H and O–H groups in total. The molecule has 1 aromatic rings. The van der Waals surface area contributed by atoms with E-state index in [4.69, 9.17) is 0 Å². The smallest absolute Gasteiger partial charge is 0.312 e. The van der Waals surface area contributed by atoms with Crippen LogP contribution in [0.1, 0.15) is 25.8 Å². The molecule has 1 saturated heterocycles. The number of nitrogens with zero attached hydrogens (tertiary/aromatic N) is 2. The van der Waals surface area contributed by atoms with Crippen LogP contribution in [0, 0.1) is 6.92 Å². The summed E-state index contributed by atoms with van der Waals surface area (Å²) >= 11 is 0. The lowest BCUT2D eigenvalue weighted by molar-refractivity contribution is -0.146. The van der Waals surface area contributed by atoms with E-state index in [0.717, 1.165) is 19.5 Å². The Morgan fingerprint density at radius 2 is 1.91 bits per heavy atom. The molecule has 1 atom stereocenters. The quantitative estimate of drug-likeness (QED) is 0.862. The second kappa shape index (κ2) is 7.29. The van der Waals surface area contributed by atoms with E-state index in [0.29, 0.717) is 13.1 Å². The Labute approximate surface area is 132 Å². The fourth-order valence-corrected chi connectivity index (χ4v) is 2.52. The van der Waals surface area contributed by atoms with Crippen molar-refractivity contribution in [3.05, 3.63) is 29.8 Å². The van der Waals surface area contributed by atoms with Crippen LogP contribution in [-0.4, -0.2) is 48.9 Å². The number of carbonyl (C=O) groups is 2. The standard InChI is InChI=1S/C17H25N3O2/c1-4-14(3)18-16(21)17(22)20-10-8-19(9-11-20)15-7-5-6-13(2)12-15/h5-7,12,14H,4,8-11H2,1-3H3,(H,18,21). The minimum atomic E-state index is -0.488. The summed E-state index contributed by atoms with van der Waals surface area (Å²) in [4.78, 5) is 27.9. The minimum Gasteiger partial charge on any atom is -0.368 e. The lowest BCUT2D eigenvalue weighted by atomic mass is 10.2. The van der Waals surface area contributed by atoms with Crippen molar-refractivity contribution in [3.63, 3.8) is 0 Å². The number of amides is 2. The molecule has 22 heavy (non-hydrogen) atoms. The third-order valence-corrected chi connectivity index (χ3v) is 4.12. The second-order valence-corrected chi connectivity index (χ2v) is 5.90. The van der Waals surface area contributed by atoms with E-state index in [1.807, 2.05) is 19.9 Å². The maximum Gasteiger partial charge on any atom is 0.312 e. The molecule has 2 rings (SSSR count). The Balaban J connectivity index is 1.89. The summed E-state index contributed by atoms with van der Waals surface area (Å²) in [6.45, 7) is 8.64. The van der Waals surface area contributed by atoms with Gasteiger partial charge in [0.25, 0.3) is 0 Å². The second-order valence-electron chi connectivity index (χ2n) is 5.90. The lowest BCUT2D eigenvalue weighted by Crippen LogP contribution is -2.53. The fourth-order valence-electron chi connectivity index (χ4n) is 2.52. The van der Waals surface area contributed by atoms with Crippen molar-refractivity contribution in [2.75, 3.05) is 31.1 Å². The molecule has 1 aromatic carbocycles. The average molecular weight is 303 g/mol. The molecular weight excluding hydrogens is 278 g/mol. The van der Waals surface area contributed by atoms with Gasteiger partial charge in [0.2, 0.25) is 0 Å². The molecule has 0 spiro atoms. The molecule has 2 amide bonds. The van der Waals surface area contributed by atoms with Gasteiger partial charge in [0.15, 0.2) is 0 Å². The van der Waals surface area contributed by atoms with Gasteiger partial charge in [-0.3, -0.25) is 9.59 Å². The normalized spacial score (nSPS) is 16.3. The molecule has 120 valence electrons. The highest BCUT2D eigenvalue weighted by molar-refractivity contribution is 6.35. The van der Waals surface area contributed by atoms with E-state index in [1.54, 1.807) is 4.90 Å². The minimum absolute atomic E-state index is 0.0324. The van der Waals surface area contributed by atoms with Gasteiger partial charge < -0.3 is 15.1 Å². The number of carbonyl (C=O) groups excluding carboxylic acids is 2. The van der Waals surface area contributed by atoms with Crippen molar-refractivity contribution in [2.24, 2.45) is 0 Å². The maximum absolute atomic E-state index is 12.1. The third kappa shape index (κ3) is 4.00. The van der Waals surface area contributed by atoms with Gasteiger partial charge >= 0.3 is 11.8 Å². The first-order valence-electron chi connectivity index (χ1n) is 7.92. The van der Waals surface area contributed by atoms with Crippen LogP contribution in [0.25, 0.3) is 0 Å². The van der Waals surface area contributed by atoms with Crippen LogP contribution in [0.3, 0.4) is 0 Å². The molecule has 1 unspecified atom stereocenters. The van der Waals surface area contributed by atoms with E-state index in [9.17, 15) is 9.59 Å². The van der Waals surface area contributed by atoms with Gasteiger partial charge in [-0.25, -0.2) is 0 Å². The van der Waals surface area contributed by atoms with Crippen LogP contribution < -0.4 is 10.2 Å². The van der Waals surface area contributed by atoms with Gasteiger partial charge in [0.1, 0.15) is 0 Å². The molecule has 1 fully saturated rings. The molecule has 1 heterocycles. The van der Waals surface area contributed by atoms with E-state index in [-0.39, 0.29) is 6.04 Å². The summed E-state index contributed by atoms with van der Waals surface area (Å²) < 4.78 is 0. The summed E-state index contributed by atoms with van der Waals surface area (Å²) in [5.41, 5.74) is 2.40. The van der Waals surface area contributed by atoms with Crippen LogP contribution in [0.2, 0.25) is 0 Å².